The molecule has 1 heterocycles. The second kappa shape index (κ2) is 5.82. The second-order valence-corrected chi connectivity index (χ2v) is 4.53. The molecule has 1 aromatic carbocycles. The largest absolute Gasteiger partial charge is 0.396 e. The molecule has 98 valence electrons. The van der Waals surface area contributed by atoms with Gasteiger partial charge >= 0.3 is 0 Å². The quantitative estimate of drug-likeness (QED) is 0.802. The summed E-state index contributed by atoms with van der Waals surface area (Å²) >= 11 is 0. The van der Waals surface area contributed by atoms with Crippen molar-refractivity contribution < 1.29 is 13.9 Å². The van der Waals surface area contributed by atoms with E-state index in [0.29, 0.717) is 24.6 Å². The van der Waals surface area contributed by atoms with E-state index in [1.54, 1.807) is 0 Å². The molecule has 1 amide bonds. The topological polar surface area (TPSA) is 64.4 Å². The van der Waals surface area contributed by atoms with E-state index in [4.69, 9.17) is 10.5 Å². The molecule has 1 fully saturated rings. The normalized spacial score (nSPS) is 19.5. The van der Waals surface area contributed by atoms with Gasteiger partial charge in [0.2, 0.25) is 0 Å². The minimum atomic E-state index is -0.566. The van der Waals surface area contributed by atoms with E-state index in [2.05, 4.69) is 5.32 Å². The number of benzene rings is 1. The van der Waals surface area contributed by atoms with E-state index in [9.17, 15) is 9.18 Å². The Kier molecular flexibility index (Phi) is 4.15. The average molecular weight is 252 g/mol. The Bertz CT molecular complexity index is 431. The summed E-state index contributed by atoms with van der Waals surface area (Å²) in [6.45, 7) is 2.04. The zero-order valence-corrected chi connectivity index (χ0v) is 10.1. The highest BCUT2D eigenvalue weighted by atomic mass is 19.1. The van der Waals surface area contributed by atoms with Gasteiger partial charge in [-0.05, 0) is 37.0 Å². The Labute approximate surface area is 105 Å². The van der Waals surface area contributed by atoms with Crippen LogP contribution in [0.3, 0.4) is 0 Å². The molecule has 3 N–H and O–H groups in total. The molecule has 0 bridgehead atoms. The van der Waals surface area contributed by atoms with Gasteiger partial charge in [-0.1, -0.05) is 0 Å². The van der Waals surface area contributed by atoms with Crippen LogP contribution in [0.15, 0.2) is 18.2 Å². The van der Waals surface area contributed by atoms with Crippen LogP contribution in [0.25, 0.3) is 0 Å². The monoisotopic (exact) mass is 252 g/mol. The molecule has 18 heavy (non-hydrogen) atoms. The predicted molar refractivity (Wildman–Crippen MR) is 66.7 cm³/mol. The van der Waals surface area contributed by atoms with Gasteiger partial charge in [0, 0.05) is 18.7 Å². The lowest BCUT2D eigenvalue weighted by Crippen LogP contribution is -2.33. The average Bonchev–Trinajstić information content (AvgIpc) is 2.40. The highest BCUT2D eigenvalue weighted by Crippen LogP contribution is 2.14. The fraction of sp³-hybridized carbons (Fsp3) is 0.462. The lowest BCUT2D eigenvalue weighted by molar-refractivity contribution is 0.0536. The molecule has 0 radical (unpaired) electrons. The van der Waals surface area contributed by atoms with E-state index in [1.165, 1.54) is 12.1 Å². The maximum absolute atomic E-state index is 13.2. The van der Waals surface area contributed by atoms with Crippen molar-refractivity contribution in [1.82, 2.24) is 5.32 Å². The van der Waals surface area contributed by atoms with Crippen LogP contribution in [0, 0.1) is 11.7 Å². The van der Waals surface area contributed by atoms with Gasteiger partial charge in [-0.25, -0.2) is 4.39 Å². The molecule has 4 nitrogen and oxygen atoms in total. The van der Waals surface area contributed by atoms with Crippen LogP contribution < -0.4 is 11.1 Å². The molecular weight excluding hydrogens is 235 g/mol. The molecule has 1 aromatic rings. The van der Waals surface area contributed by atoms with E-state index in [1.807, 2.05) is 0 Å². The number of ether oxygens (including phenoxy) is 1. The molecule has 1 aliphatic heterocycles. The first kappa shape index (κ1) is 12.8. The maximum Gasteiger partial charge on any atom is 0.251 e. The number of carbonyl (C=O) groups excluding carboxylic acids is 1. The van der Waals surface area contributed by atoms with Crippen LogP contribution in [-0.4, -0.2) is 25.7 Å². The van der Waals surface area contributed by atoms with Crippen LogP contribution in [0.4, 0.5) is 10.1 Å². The number of amides is 1. The number of rotatable bonds is 3. The molecule has 0 saturated carbocycles. The van der Waals surface area contributed by atoms with Crippen LogP contribution in [0.5, 0.6) is 0 Å². The molecule has 2 rings (SSSR count). The number of nitrogens with two attached hydrogens (primary N) is 1. The van der Waals surface area contributed by atoms with Gasteiger partial charge < -0.3 is 15.8 Å². The number of anilines is 1. The van der Waals surface area contributed by atoms with Crippen molar-refractivity contribution in [3.63, 3.8) is 0 Å². The summed E-state index contributed by atoms with van der Waals surface area (Å²) in [6.07, 6.45) is 2.08. The van der Waals surface area contributed by atoms with Gasteiger partial charge in [0.05, 0.1) is 12.3 Å². The highest BCUT2D eigenvalue weighted by Gasteiger charge is 2.15. The number of hydrogen-bond acceptors (Lipinski definition) is 3. The lowest BCUT2D eigenvalue weighted by atomic mass is 10.0. The van der Waals surface area contributed by atoms with E-state index >= 15 is 0 Å². The predicted octanol–water partition coefficient (Wildman–Crippen LogP) is 1.56. The Morgan fingerprint density at radius 1 is 1.56 bits per heavy atom. The summed E-state index contributed by atoms with van der Waals surface area (Å²) in [5.74, 6) is -0.496. The zero-order chi connectivity index (χ0) is 13.0. The summed E-state index contributed by atoms with van der Waals surface area (Å²) in [6, 6.07) is 4.07. The first-order chi connectivity index (χ1) is 8.66. The Morgan fingerprint density at radius 3 is 3.06 bits per heavy atom. The minimum Gasteiger partial charge on any atom is -0.396 e. The van der Waals surface area contributed by atoms with Gasteiger partial charge in [-0.15, -0.1) is 0 Å². The second-order valence-electron chi connectivity index (χ2n) is 4.53. The van der Waals surface area contributed by atoms with E-state index in [-0.39, 0.29) is 11.6 Å². The Hall–Kier alpha value is -1.62. The molecule has 0 spiro atoms. The van der Waals surface area contributed by atoms with Crippen molar-refractivity contribution in [2.75, 3.05) is 25.5 Å². The number of halogens is 1. The van der Waals surface area contributed by atoms with Crippen LogP contribution in [0.1, 0.15) is 23.2 Å². The molecular formula is C13H17FN2O2. The SMILES string of the molecule is Nc1ccc(C(=O)NCC2CCCOC2)cc1F. The molecule has 0 aromatic heterocycles. The van der Waals surface area contributed by atoms with Crippen molar-refractivity contribution >= 4 is 11.6 Å². The van der Waals surface area contributed by atoms with Gasteiger partial charge in [0.1, 0.15) is 5.82 Å². The van der Waals surface area contributed by atoms with Gasteiger partial charge in [0.25, 0.3) is 5.91 Å². The molecule has 1 atom stereocenters. The Morgan fingerprint density at radius 2 is 2.39 bits per heavy atom. The zero-order valence-electron chi connectivity index (χ0n) is 10.1. The van der Waals surface area contributed by atoms with Crippen molar-refractivity contribution in [3.05, 3.63) is 29.6 Å². The summed E-state index contributed by atoms with van der Waals surface area (Å²) < 4.78 is 18.5. The summed E-state index contributed by atoms with van der Waals surface area (Å²) in [5, 5.41) is 2.79. The summed E-state index contributed by atoms with van der Waals surface area (Å²) in [7, 11) is 0. The first-order valence-electron chi connectivity index (χ1n) is 6.08. The van der Waals surface area contributed by atoms with Crippen LogP contribution in [0.2, 0.25) is 0 Å². The van der Waals surface area contributed by atoms with Crippen LogP contribution >= 0.6 is 0 Å². The molecule has 1 aliphatic rings. The van der Waals surface area contributed by atoms with Gasteiger partial charge in [-0.3, -0.25) is 4.79 Å². The molecule has 5 heteroatoms. The van der Waals surface area contributed by atoms with Crippen molar-refractivity contribution in [3.8, 4) is 0 Å². The third-order valence-corrected chi connectivity index (χ3v) is 3.07. The minimum absolute atomic E-state index is 0.0484. The fourth-order valence-electron chi connectivity index (χ4n) is 1.98. The van der Waals surface area contributed by atoms with Crippen LogP contribution in [-0.2, 0) is 4.74 Å². The summed E-state index contributed by atoms with van der Waals surface area (Å²) in [5.41, 5.74) is 5.70. The number of carbonyl (C=O) groups is 1. The van der Waals surface area contributed by atoms with Gasteiger partial charge in [-0.2, -0.15) is 0 Å². The van der Waals surface area contributed by atoms with Crippen molar-refractivity contribution in [2.45, 2.75) is 12.8 Å². The Balaban J connectivity index is 1.88. The summed E-state index contributed by atoms with van der Waals surface area (Å²) in [4.78, 5) is 11.8. The molecule has 0 aliphatic carbocycles. The van der Waals surface area contributed by atoms with E-state index in [0.717, 1.165) is 25.5 Å². The lowest BCUT2D eigenvalue weighted by Gasteiger charge is -2.22. The standard InChI is InChI=1S/C13H17FN2O2/c14-11-6-10(3-4-12(11)15)13(17)16-7-9-2-1-5-18-8-9/h3-4,6,9H,1-2,5,7-8,15H2,(H,16,17). The third kappa shape index (κ3) is 3.20. The number of hydrogen-bond donors (Lipinski definition) is 2. The number of nitrogen functional groups attached to an aromatic ring is 1. The number of nitrogens with one attached hydrogen (secondary N) is 1. The highest BCUT2D eigenvalue weighted by molar-refractivity contribution is 5.94. The maximum atomic E-state index is 13.2. The molecule has 1 saturated heterocycles. The first-order valence-corrected chi connectivity index (χ1v) is 6.08. The fourth-order valence-corrected chi connectivity index (χ4v) is 1.98. The van der Waals surface area contributed by atoms with Gasteiger partial charge in [0.15, 0.2) is 0 Å². The smallest absolute Gasteiger partial charge is 0.251 e. The third-order valence-electron chi connectivity index (χ3n) is 3.07. The molecule has 1 unspecified atom stereocenters. The van der Waals surface area contributed by atoms with E-state index < -0.39 is 5.82 Å². The van der Waals surface area contributed by atoms with Crippen molar-refractivity contribution in [2.24, 2.45) is 5.92 Å². The van der Waals surface area contributed by atoms with Crippen molar-refractivity contribution in [1.29, 1.82) is 0 Å².